The van der Waals surface area contributed by atoms with Gasteiger partial charge >= 0.3 is 16.5 Å². The predicted octanol–water partition coefficient (Wildman–Crippen LogP) is 1.68. The second-order valence-electron chi connectivity index (χ2n) is 2.60. The Hall–Kier alpha value is 0.0800. The maximum atomic E-state index is 9.30. The fourth-order valence-electron chi connectivity index (χ4n) is 0.710. The Bertz CT molecular complexity index is 402. The molecule has 0 bridgehead atoms. The summed E-state index contributed by atoms with van der Waals surface area (Å²) in [5.74, 6) is 0.226. The summed E-state index contributed by atoms with van der Waals surface area (Å²) in [5.41, 5.74) is 0.946. The number of benzene rings is 1. The predicted molar refractivity (Wildman–Crippen MR) is 79.9 cm³/mol. The van der Waals surface area contributed by atoms with Crippen molar-refractivity contribution in [1.29, 1.82) is 0 Å². The van der Waals surface area contributed by atoms with Crippen LogP contribution >= 0.6 is 48.4 Å². The first-order chi connectivity index (χ1) is 8.61. The van der Waals surface area contributed by atoms with Crippen molar-refractivity contribution in [2.45, 2.75) is 0 Å². The van der Waals surface area contributed by atoms with Gasteiger partial charge in [-0.05, 0) is 44.0 Å². The Kier molecular flexibility index (Phi) is 13.4. The van der Waals surface area contributed by atoms with Crippen LogP contribution in [0.2, 0.25) is 0 Å². The number of aromatic hydroxyl groups is 1. The Morgan fingerprint density at radius 2 is 1.26 bits per heavy atom. The summed E-state index contributed by atoms with van der Waals surface area (Å²) in [7, 11) is -4.43. The molecular formula is C7H13Br2NO7P2. The lowest BCUT2D eigenvalue weighted by Crippen LogP contribution is -1.87. The summed E-state index contributed by atoms with van der Waals surface area (Å²) in [5, 5.41) is 12.3. The highest BCUT2D eigenvalue weighted by molar-refractivity contribution is 9.11. The molecule has 1 rings (SSSR count). The molecule has 6 N–H and O–H groups in total. The second-order valence-corrected chi connectivity index (χ2v) is 5.44. The maximum Gasteiger partial charge on any atom is 0.314 e. The van der Waals surface area contributed by atoms with Gasteiger partial charge in [-0.3, -0.25) is 9.13 Å². The molecule has 0 aliphatic carbocycles. The summed E-state index contributed by atoms with van der Waals surface area (Å²) in [6, 6.07) is 3.61. The number of hydrogen-bond donors (Lipinski definition) is 6. The van der Waals surface area contributed by atoms with E-state index < -0.39 is 16.5 Å². The van der Waals surface area contributed by atoms with E-state index in [0.717, 1.165) is 5.69 Å². The van der Waals surface area contributed by atoms with Crippen LogP contribution in [0.3, 0.4) is 0 Å². The molecular weight excluding hydrogens is 432 g/mol. The standard InChI is InChI=1S/C7H7Br2NO.2H3O3P/c1-10-4-2-5(8)7(11)6(9)3-4;2*1-4(2)3/h2-3,10-11H,1H3;2*4H,(H2,1,2,3). The van der Waals surface area contributed by atoms with Gasteiger partial charge in [0.1, 0.15) is 5.75 Å². The van der Waals surface area contributed by atoms with Crippen LogP contribution in [0.15, 0.2) is 21.1 Å². The van der Waals surface area contributed by atoms with Crippen molar-refractivity contribution in [2.24, 2.45) is 0 Å². The van der Waals surface area contributed by atoms with Crippen molar-refractivity contribution in [3.05, 3.63) is 21.1 Å². The quantitative estimate of drug-likeness (QED) is 0.283. The molecule has 0 aliphatic rings. The molecule has 0 unspecified atom stereocenters. The van der Waals surface area contributed by atoms with Crippen molar-refractivity contribution in [2.75, 3.05) is 12.4 Å². The van der Waals surface area contributed by atoms with E-state index in [2.05, 4.69) is 37.2 Å². The molecule has 0 radical (unpaired) electrons. The molecule has 0 aromatic heterocycles. The number of phenols is 1. The number of phenolic OH excluding ortho intramolecular Hbond substituents is 1. The average Bonchev–Trinajstić information content (AvgIpc) is 2.23. The minimum Gasteiger partial charge on any atom is -0.506 e. The maximum absolute atomic E-state index is 9.30. The molecule has 0 spiro atoms. The summed E-state index contributed by atoms with van der Waals surface area (Å²) in [4.78, 5) is 28.6. The van der Waals surface area contributed by atoms with Crippen molar-refractivity contribution in [3.8, 4) is 5.75 Å². The topological polar surface area (TPSA) is 147 Å². The van der Waals surface area contributed by atoms with E-state index in [0.29, 0.717) is 8.95 Å². The van der Waals surface area contributed by atoms with E-state index in [-0.39, 0.29) is 5.75 Å². The van der Waals surface area contributed by atoms with E-state index in [1.54, 1.807) is 12.1 Å². The molecule has 0 fully saturated rings. The van der Waals surface area contributed by atoms with Crippen molar-refractivity contribution < 1.29 is 33.8 Å². The van der Waals surface area contributed by atoms with Gasteiger partial charge in [0.25, 0.3) is 0 Å². The third-order valence-corrected chi connectivity index (χ3v) is 2.51. The van der Waals surface area contributed by atoms with Crippen LogP contribution in [0, 0.1) is 0 Å². The third-order valence-electron chi connectivity index (χ3n) is 1.31. The van der Waals surface area contributed by atoms with Gasteiger partial charge in [0.05, 0.1) is 8.95 Å². The largest absolute Gasteiger partial charge is 0.506 e. The normalized spacial score (nSPS) is 9.32. The Morgan fingerprint density at radius 1 is 1.00 bits per heavy atom. The van der Waals surface area contributed by atoms with E-state index in [4.69, 9.17) is 28.7 Å². The third kappa shape index (κ3) is 14.3. The molecule has 0 amide bonds. The first-order valence-corrected chi connectivity index (χ1v) is 8.50. The molecule has 0 aliphatic heterocycles. The molecule has 112 valence electrons. The molecule has 0 saturated heterocycles. The molecule has 0 saturated carbocycles. The zero-order valence-electron chi connectivity index (χ0n) is 9.46. The van der Waals surface area contributed by atoms with Crippen LogP contribution < -0.4 is 5.32 Å². The zero-order chi connectivity index (χ0) is 15.6. The van der Waals surface area contributed by atoms with Gasteiger partial charge in [-0.2, -0.15) is 0 Å². The SMILES string of the molecule is CNc1cc(Br)c(O)c(Br)c1.O=[PH](O)O.O=[PH](O)O. The fraction of sp³-hybridized carbons (Fsp3) is 0.143. The molecule has 19 heavy (non-hydrogen) atoms. The van der Waals surface area contributed by atoms with Gasteiger partial charge in [-0.1, -0.05) is 0 Å². The average molecular weight is 445 g/mol. The fourth-order valence-corrected chi connectivity index (χ4v) is 1.90. The van der Waals surface area contributed by atoms with E-state index in [1.807, 2.05) is 7.05 Å². The lowest BCUT2D eigenvalue weighted by atomic mass is 10.3. The van der Waals surface area contributed by atoms with Crippen molar-refractivity contribution >= 4 is 54.1 Å². The van der Waals surface area contributed by atoms with Crippen LogP contribution in [-0.4, -0.2) is 31.7 Å². The van der Waals surface area contributed by atoms with Crippen LogP contribution in [-0.2, 0) is 9.13 Å². The van der Waals surface area contributed by atoms with Gasteiger partial charge in [-0.15, -0.1) is 0 Å². The Labute approximate surface area is 127 Å². The van der Waals surface area contributed by atoms with Crippen molar-refractivity contribution in [1.82, 2.24) is 0 Å². The Balaban J connectivity index is 0. The molecule has 1 aromatic rings. The first-order valence-electron chi connectivity index (χ1n) is 4.31. The van der Waals surface area contributed by atoms with Gasteiger partial charge in [-0.25, -0.2) is 0 Å². The lowest BCUT2D eigenvalue weighted by Gasteiger charge is -2.04. The zero-order valence-corrected chi connectivity index (χ0v) is 14.6. The van der Waals surface area contributed by atoms with Crippen molar-refractivity contribution in [3.63, 3.8) is 0 Å². The van der Waals surface area contributed by atoms with Crippen LogP contribution in [0.25, 0.3) is 0 Å². The smallest absolute Gasteiger partial charge is 0.314 e. The molecule has 0 heterocycles. The van der Waals surface area contributed by atoms with Gasteiger partial charge in [0.15, 0.2) is 0 Å². The highest BCUT2D eigenvalue weighted by Crippen LogP contribution is 2.34. The van der Waals surface area contributed by atoms with E-state index in [1.165, 1.54) is 0 Å². The molecule has 12 heteroatoms. The number of nitrogens with one attached hydrogen (secondary N) is 1. The highest BCUT2D eigenvalue weighted by atomic mass is 79.9. The first kappa shape index (κ1) is 21.4. The minimum absolute atomic E-state index is 0.226. The molecule has 1 aromatic carbocycles. The van der Waals surface area contributed by atoms with E-state index >= 15 is 0 Å². The number of halogens is 2. The lowest BCUT2D eigenvalue weighted by molar-refractivity contribution is 0.403. The minimum atomic E-state index is -3.13. The van der Waals surface area contributed by atoms with Gasteiger partial charge < -0.3 is 30.0 Å². The van der Waals surface area contributed by atoms with Gasteiger partial charge in [0.2, 0.25) is 0 Å². The molecule has 0 atom stereocenters. The summed E-state index contributed by atoms with van der Waals surface area (Å²) in [6.45, 7) is 0. The number of anilines is 1. The summed E-state index contributed by atoms with van der Waals surface area (Å²) >= 11 is 6.44. The highest BCUT2D eigenvalue weighted by Gasteiger charge is 2.03. The van der Waals surface area contributed by atoms with Gasteiger partial charge in [0, 0.05) is 12.7 Å². The summed E-state index contributed by atoms with van der Waals surface area (Å²) in [6.07, 6.45) is 0. The van der Waals surface area contributed by atoms with Crippen LogP contribution in [0.1, 0.15) is 0 Å². The van der Waals surface area contributed by atoms with E-state index in [9.17, 15) is 5.11 Å². The number of rotatable bonds is 1. The number of hydrogen-bond acceptors (Lipinski definition) is 4. The molecule has 8 nitrogen and oxygen atoms in total. The second kappa shape index (κ2) is 11.9. The Morgan fingerprint density at radius 3 is 1.47 bits per heavy atom. The summed E-state index contributed by atoms with van der Waals surface area (Å²) < 4.78 is 18.8. The van der Waals surface area contributed by atoms with Crippen LogP contribution in [0.5, 0.6) is 5.75 Å². The monoisotopic (exact) mass is 443 g/mol. The van der Waals surface area contributed by atoms with Crippen LogP contribution in [0.4, 0.5) is 5.69 Å².